The molecule has 0 aromatic heterocycles. The zero-order chi connectivity index (χ0) is 18.1. The predicted molar refractivity (Wildman–Crippen MR) is 95.6 cm³/mol. The van der Waals surface area contributed by atoms with Crippen molar-refractivity contribution in [3.63, 3.8) is 0 Å². The highest BCUT2D eigenvalue weighted by Gasteiger charge is 2.20. The minimum Gasteiger partial charge on any atom is -0.494 e. The second-order valence-corrected chi connectivity index (χ2v) is 5.82. The highest BCUT2D eigenvalue weighted by atomic mass is 16.5. The number of aliphatic carboxylic acids is 1. The standard InChI is InChI=1S/C20H23NO4/c1-2-11-25-17-10-6-9-16(12-17)14-19(22)21-18(20(23)24)13-15-7-4-3-5-8-15/h3-10,12,18H,2,11,13-14H2,1H3,(H,21,22)(H,23,24)/t18-/m1/s1. The Kier molecular flexibility index (Phi) is 7.01. The van der Waals surface area contributed by atoms with Crippen LogP contribution in [0.2, 0.25) is 0 Å². The predicted octanol–water partition coefficient (Wildman–Crippen LogP) is 2.83. The molecule has 0 heterocycles. The Morgan fingerprint density at radius 3 is 2.48 bits per heavy atom. The number of hydrogen-bond acceptors (Lipinski definition) is 3. The molecule has 5 nitrogen and oxygen atoms in total. The van der Waals surface area contributed by atoms with E-state index in [0.717, 1.165) is 17.5 Å². The largest absolute Gasteiger partial charge is 0.494 e. The van der Waals surface area contributed by atoms with Gasteiger partial charge in [0.05, 0.1) is 13.0 Å². The van der Waals surface area contributed by atoms with Crippen LogP contribution in [-0.2, 0) is 22.4 Å². The van der Waals surface area contributed by atoms with Crippen LogP contribution >= 0.6 is 0 Å². The van der Waals surface area contributed by atoms with Crippen LogP contribution in [0.4, 0.5) is 0 Å². The molecule has 5 heteroatoms. The molecule has 0 aliphatic heterocycles. The van der Waals surface area contributed by atoms with Crippen molar-refractivity contribution in [1.82, 2.24) is 5.32 Å². The van der Waals surface area contributed by atoms with Crippen LogP contribution in [0.25, 0.3) is 0 Å². The molecule has 0 saturated carbocycles. The lowest BCUT2D eigenvalue weighted by molar-refractivity contribution is -0.141. The minimum absolute atomic E-state index is 0.113. The number of benzene rings is 2. The van der Waals surface area contributed by atoms with Crippen LogP contribution in [-0.4, -0.2) is 29.6 Å². The molecule has 0 spiro atoms. The Balaban J connectivity index is 1.96. The lowest BCUT2D eigenvalue weighted by Crippen LogP contribution is -2.43. The van der Waals surface area contributed by atoms with Gasteiger partial charge >= 0.3 is 5.97 Å². The summed E-state index contributed by atoms with van der Waals surface area (Å²) in [5, 5.41) is 12.0. The van der Waals surface area contributed by atoms with Crippen molar-refractivity contribution in [3.8, 4) is 5.75 Å². The summed E-state index contributed by atoms with van der Waals surface area (Å²) < 4.78 is 5.55. The van der Waals surface area contributed by atoms with Crippen molar-refractivity contribution in [2.24, 2.45) is 0 Å². The number of amides is 1. The second kappa shape index (κ2) is 9.47. The Labute approximate surface area is 147 Å². The van der Waals surface area contributed by atoms with Crippen molar-refractivity contribution >= 4 is 11.9 Å². The van der Waals surface area contributed by atoms with Crippen LogP contribution in [0, 0.1) is 0 Å². The Morgan fingerprint density at radius 2 is 1.80 bits per heavy atom. The Morgan fingerprint density at radius 1 is 1.08 bits per heavy atom. The summed E-state index contributed by atoms with van der Waals surface area (Å²) >= 11 is 0. The fourth-order valence-corrected chi connectivity index (χ4v) is 2.45. The molecule has 0 saturated heterocycles. The molecule has 0 unspecified atom stereocenters. The van der Waals surface area contributed by atoms with Crippen molar-refractivity contribution in [3.05, 3.63) is 65.7 Å². The molecule has 2 N–H and O–H groups in total. The van der Waals surface area contributed by atoms with E-state index in [1.807, 2.05) is 61.5 Å². The average Bonchev–Trinajstić information content (AvgIpc) is 2.60. The highest BCUT2D eigenvalue weighted by Crippen LogP contribution is 2.14. The third-order valence-corrected chi connectivity index (χ3v) is 3.65. The van der Waals surface area contributed by atoms with Gasteiger partial charge in [-0.25, -0.2) is 4.79 Å². The fraction of sp³-hybridized carbons (Fsp3) is 0.300. The van der Waals surface area contributed by atoms with E-state index in [0.29, 0.717) is 12.4 Å². The van der Waals surface area contributed by atoms with Gasteiger partial charge in [0.15, 0.2) is 0 Å². The van der Waals surface area contributed by atoms with Gasteiger partial charge in [-0.2, -0.15) is 0 Å². The molecule has 1 atom stereocenters. The number of ether oxygens (including phenoxy) is 1. The van der Waals surface area contributed by atoms with E-state index in [2.05, 4.69) is 5.32 Å². The van der Waals surface area contributed by atoms with Crippen LogP contribution in [0.3, 0.4) is 0 Å². The van der Waals surface area contributed by atoms with E-state index in [4.69, 9.17) is 4.74 Å². The second-order valence-electron chi connectivity index (χ2n) is 5.82. The minimum atomic E-state index is -1.04. The number of rotatable bonds is 9. The lowest BCUT2D eigenvalue weighted by atomic mass is 10.1. The van der Waals surface area contributed by atoms with Gasteiger partial charge in [-0.1, -0.05) is 49.4 Å². The van der Waals surface area contributed by atoms with Crippen molar-refractivity contribution < 1.29 is 19.4 Å². The summed E-state index contributed by atoms with van der Waals surface area (Å²) in [4.78, 5) is 23.7. The first-order valence-corrected chi connectivity index (χ1v) is 8.36. The first-order valence-electron chi connectivity index (χ1n) is 8.36. The van der Waals surface area contributed by atoms with Gasteiger partial charge in [0, 0.05) is 6.42 Å². The van der Waals surface area contributed by atoms with Gasteiger partial charge in [0.2, 0.25) is 5.91 Å². The maximum atomic E-state index is 12.2. The summed E-state index contributed by atoms with van der Waals surface area (Å²) in [6, 6.07) is 15.6. The molecule has 25 heavy (non-hydrogen) atoms. The van der Waals surface area contributed by atoms with Gasteiger partial charge in [0.1, 0.15) is 11.8 Å². The van der Waals surface area contributed by atoms with E-state index in [9.17, 15) is 14.7 Å². The van der Waals surface area contributed by atoms with Crippen LogP contribution in [0.5, 0.6) is 5.75 Å². The Bertz CT molecular complexity index is 700. The molecule has 0 bridgehead atoms. The maximum Gasteiger partial charge on any atom is 0.326 e. The van der Waals surface area contributed by atoms with Gasteiger partial charge in [-0.3, -0.25) is 4.79 Å². The highest BCUT2D eigenvalue weighted by molar-refractivity contribution is 5.85. The van der Waals surface area contributed by atoms with E-state index in [1.54, 1.807) is 0 Å². The van der Waals surface area contributed by atoms with Gasteiger partial charge < -0.3 is 15.2 Å². The fourth-order valence-electron chi connectivity index (χ4n) is 2.45. The first kappa shape index (κ1) is 18.5. The van der Waals surface area contributed by atoms with Crippen molar-refractivity contribution in [1.29, 1.82) is 0 Å². The quantitative estimate of drug-likeness (QED) is 0.735. The lowest BCUT2D eigenvalue weighted by Gasteiger charge is -2.15. The van der Waals surface area contributed by atoms with Crippen LogP contribution in [0.1, 0.15) is 24.5 Å². The summed E-state index contributed by atoms with van der Waals surface area (Å²) in [5.74, 6) is -0.653. The van der Waals surface area contributed by atoms with Gasteiger partial charge in [-0.05, 0) is 29.7 Å². The molecular weight excluding hydrogens is 318 g/mol. The summed E-state index contributed by atoms with van der Waals surface area (Å²) in [6.07, 6.45) is 1.27. The molecule has 0 radical (unpaired) electrons. The van der Waals surface area contributed by atoms with E-state index in [-0.39, 0.29) is 18.7 Å². The summed E-state index contributed by atoms with van der Waals surface area (Å²) in [7, 11) is 0. The molecule has 2 aromatic rings. The topological polar surface area (TPSA) is 75.6 Å². The number of carbonyl (C=O) groups is 2. The normalized spacial score (nSPS) is 11.6. The van der Waals surface area contributed by atoms with E-state index < -0.39 is 12.0 Å². The van der Waals surface area contributed by atoms with Crippen molar-refractivity contribution in [2.75, 3.05) is 6.61 Å². The number of carbonyl (C=O) groups excluding carboxylic acids is 1. The first-order chi connectivity index (χ1) is 12.1. The van der Waals surface area contributed by atoms with E-state index in [1.165, 1.54) is 0 Å². The number of carboxylic acids is 1. The van der Waals surface area contributed by atoms with Gasteiger partial charge in [0.25, 0.3) is 0 Å². The summed E-state index contributed by atoms with van der Waals surface area (Å²) in [5.41, 5.74) is 1.65. The van der Waals surface area contributed by atoms with E-state index >= 15 is 0 Å². The third-order valence-electron chi connectivity index (χ3n) is 3.65. The van der Waals surface area contributed by atoms with Crippen LogP contribution in [0.15, 0.2) is 54.6 Å². The monoisotopic (exact) mass is 341 g/mol. The molecule has 0 fully saturated rings. The SMILES string of the molecule is CCCOc1cccc(CC(=O)N[C@H](Cc2ccccc2)C(=O)O)c1. The molecular formula is C20H23NO4. The Hall–Kier alpha value is -2.82. The van der Waals surface area contributed by atoms with Crippen LogP contribution < -0.4 is 10.1 Å². The molecule has 1 amide bonds. The zero-order valence-corrected chi connectivity index (χ0v) is 14.3. The smallest absolute Gasteiger partial charge is 0.326 e. The number of nitrogens with one attached hydrogen (secondary N) is 1. The number of carboxylic acid groups (broad SMARTS) is 1. The molecule has 0 aliphatic rings. The molecule has 0 aliphatic carbocycles. The zero-order valence-electron chi connectivity index (χ0n) is 14.3. The summed E-state index contributed by atoms with van der Waals surface area (Å²) in [6.45, 7) is 2.64. The average molecular weight is 341 g/mol. The third kappa shape index (κ3) is 6.30. The van der Waals surface area contributed by atoms with Crippen molar-refractivity contribution in [2.45, 2.75) is 32.2 Å². The molecule has 132 valence electrons. The van der Waals surface area contributed by atoms with Gasteiger partial charge in [-0.15, -0.1) is 0 Å². The number of hydrogen-bond donors (Lipinski definition) is 2. The molecule has 2 aromatic carbocycles. The molecule has 2 rings (SSSR count). The maximum absolute atomic E-state index is 12.2.